The van der Waals surface area contributed by atoms with Gasteiger partial charge in [-0.2, -0.15) is 0 Å². The Morgan fingerprint density at radius 1 is 1.47 bits per heavy atom. The first-order chi connectivity index (χ1) is 7.08. The predicted molar refractivity (Wildman–Crippen MR) is 59.2 cm³/mol. The number of aromatic nitrogens is 1. The molecular weight excluding hydrogens is 237 g/mol. The van der Waals surface area contributed by atoms with Crippen molar-refractivity contribution in [2.45, 2.75) is 12.5 Å². The van der Waals surface area contributed by atoms with Gasteiger partial charge >= 0.3 is 0 Å². The molecule has 15 heavy (non-hydrogen) atoms. The summed E-state index contributed by atoms with van der Waals surface area (Å²) in [5.41, 5.74) is 5.67. The number of pyridine rings is 1. The molecular formula is C9H9Cl2N3O. The molecule has 1 aliphatic heterocycles. The number of rotatable bonds is 1. The summed E-state index contributed by atoms with van der Waals surface area (Å²) in [5, 5.41) is 0.756. The average Bonchev–Trinajstić information content (AvgIpc) is 2.50. The molecule has 2 N–H and O–H groups in total. The van der Waals surface area contributed by atoms with E-state index in [-0.39, 0.29) is 11.9 Å². The minimum atomic E-state index is -0.131. The quantitative estimate of drug-likeness (QED) is 0.815. The lowest BCUT2D eigenvalue weighted by Crippen LogP contribution is -2.28. The van der Waals surface area contributed by atoms with Crippen LogP contribution < -0.4 is 10.6 Å². The second-order valence-electron chi connectivity index (χ2n) is 3.43. The van der Waals surface area contributed by atoms with E-state index in [1.165, 1.54) is 11.1 Å². The van der Waals surface area contributed by atoms with E-state index in [9.17, 15) is 4.79 Å². The molecule has 0 saturated carbocycles. The predicted octanol–water partition coefficient (Wildman–Crippen LogP) is 1.45. The van der Waals surface area contributed by atoms with E-state index < -0.39 is 0 Å². The van der Waals surface area contributed by atoms with Crippen molar-refractivity contribution in [3.63, 3.8) is 0 Å². The lowest BCUT2D eigenvalue weighted by molar-refractivity contribution is -0.117. The van der Waals surface area contributed by atoms with Gasteiger partial charge in [-0.25, -0.2) is 4.98 Å². The van der Waals surface area contributed by atoms with Gasteiger partial charge < -0.3 is 5.73 Å². The highest BCUT2D eigenvalue weighted by Gasteiger charge is 2.29. The molecule has 2 rings (SSSR count). The van der Waals surface area contributed by atoms with Crippen LogP contribution in [0.5, 0.6) is 0 Å². The lowest BCUT2D eigenvalue weighted by atomic mass is 10.3. The van der Waals surface area contributed by atoms with Crippen LogP contribution in [-0.4, -0.2) is 23.5 Å². The smallest absolute Gasteiger partial charge is 0.229 e. The summed E-state index contributed by atoms with van der Waals surface area (Å²) in [6, 6.07) is 1.44. The van der Waals surface area contributed by atoms with E-state index >= 15 is 0 Å². The van der Waals surface area contributed by atoms with Crippen molar-refractivity contribution < 1.29 is 4.79 Å². The molecule has 1 atom stereocenters. The third-order valence-corrected chi connectivity index (χ3v) is 2.94. The number of carbonyl (C=O) groups excluding carboxylic acids is 1. The van der Waals surface area contributed by atoms with Gasteiger partial charge in [0.2, 0.25) is 5.91 Å². The molecule has 1 aromatic rings. The topological polar surface area (TPSA) is 59.2 Å². The Morgan fingerprint density at radius 2 is 2.20 bits per heavy atom. The van der Waals surface area contributed by atoms with E-state index in [1.807, 2.05) is 0 Å². The standard InChI is InChI=1S/C9H9Cl2N3O/c10-6-2-8(13-3-7(6)11)14-4-5(12)1-9(14)15/h2-3,5H,1,4,12H2. The van der Waals surface area contributed by atoms with Gasteiger partial charge in [0.25, 0.3) is 0 Å². The molecule has 80 valence electrons. The maximum absolute atomic E-state index is 11.5. The third kappa shape index (κ3) is 2.07. The zero-order chi connectivity index (χ0) is 11.0. The van der Waals surface area contributed by atoms with Crippen LogP contribution in [0.1, 0.15) is 6.42 Å². The minimum absolute atomic E-state index is 0.0339. The zero-order valence-corrected chi connectivity index (χ0v) is 9.29. The number of halogens is 2. The highest BCUT2D eigenvalue weighted by atomic mass is 35.5. The van der Waals surface area contributed by atoms with Crippen LogP contribution in [0.4, 0.5) is 5.82 Å². The largest absolute Gasteiger partial charge is 0.326 e. The molecule has 0 aromatic carbocycles. The molecule has 1 aliphatic rings. The normalized spacial score (nSPS) is 21.1. The fourth-order valence-electron chi connectivity index (χ4n) is 1.51. The number of nitrogens with two attached hydrogens (primary N) is 1. The van der Waals surface area contributed by atoms with Gasteiger partial charge in [-0.15, -0.1) is 0 Å². The first-order valence-electron chi connectivity index (χ1n) is 4.45. The Hall–Kier alpha value is -0.840. The van der Waals surface area contributed by atoms with Crippen molar-refractivity contribution in [1.82, 2.24) is 4.98 Å². The summed E-state index contributed by atoms with van der Waals surface area (Å²) >= 11 is 11.6. The molecule has 0 bridgehead atoms. The van der Waals surface area contributed by atoms with E-state index in [1.54, 1.807) is 6.07 Å². The molecule has 0 aliphatic carbocycles. The van der Waals surface area contributed by atoms with E-state index in [2.05, 4.69) is 4.98 Å². The van der Waals surface area contributed by atoms with Gasteiger partial charge in [0.05, 0.1) is 10.0 Å². The summed E-state index contributed by atoms with van der Waals surface area (Å²) in [5.74, 6) is 0.468. The molecule has 2 heterocycles. The molecule has 4 nitrogen and oxygen atoms in total. The van der Waals surface area contributed by atoms with Crippen LogP contribution >= 0.6 is 23.2 Å². The number of amides is 1. The summed E-state index contributed by atoms with van der Waals surface area (Å²) in [7, 11) is 0. The molecule has 1 amide bonds. The second kappa shape index (κ2) is 3.96. The highest BCUT2D eigenvalue weighted by molar-refractivity contribution is 6.42. The summed E-state index contributed by atoms with van der Waals surface area (Å²) in [6.45, 7) is 0.476. The molecule has 1 saturated heterocycles. The SMILES string of the molecule is NC1CC(=O)N(c2cc(Cl)c(Cl)cn2)C1. The number of hydrogen-bond acceptors (Lipinski definition) is 3. The number of anilines is 1. The Balaban J connectivity index is 2.30. The fourth-order valence-corrected chi connectivity index (χ4v) is 1.76. The van der Waals surface area contributed by atoms with Gasteiger partial charge in [0.1, 0.15) is 5.82 Å². The molecule has 0 spiro atoms. The van der Waals surface area contributed by atoms with Gasteiger partial charge in [-0.3, -0.25) is 9.69 Å². The molecule has 1 unspecified atom stereocenters. The Bertz CT molecular complexity index is 410. The van der Waals surface area contributed by atoms with Crippen molar-refractivity contribution in [1.29, 1.82) is 0 Å². The highest BCUT2D eigenvalue weighted by Crippen LogP contribution is 2.26. The number of carbonyl (C=O) groups is 1. The van der Waals surface area contributed by atoms with Gasteiger partial charge in [0.15, 0.2) is 0 Å². The second-order valence-corrected chi connectivity index (χ2v) is 4.24. The Morgan fingerprint density at radius 3 is 2.73 bits per heavy atom. The fraction of sp³-hybridized carbons (Fsp3) is 0.333. The maximum Gasteiger partial charge on any atom is 0.229 e. The van der Waals surface area contributed by atoms with Crippen LogP contribution in [0, 0.1) is 0 Å². The average molecular weight is 246 g/mol. The van der Waals surface area contributed by atoms with Gasteiger partial charge in [-0.05, 0) is 0 Å². The summed E-state index contributed by atoms with van der Waals surface area (Å²) < 4.78 is 0. The van der Waals surface area contributed by atoms with Crippen molar-refractivity contribution in [2.75, 3.05) is 11.4 Å². The third-order valence-electron chi connectivity index (χ3n) is 2.23. The zero-order valence-electron chi connectivity index (χ0n) is 7.78. The minimum Gasteiger partial charge on any atom is -0.326 e. The van der Waals surface area contributed by atoms with Crippen LogP contribution in [0.15, 0.2) is 12.3 Å². The van der Waals surface area contributed by atoms with Crippen LogP contribution in [-0.2, 0) is 4.79 Å². The van der Waals surface area contributed by atoms with Gasteiger partial charge in [0, 0.05) is 31.3 Å². The van der Waals surface area contributed by atoms with E-state index in [0.29, 0.717) is 28.8 Å². The van der Waals surface area contributed by atoms with Crippen molar-refractivity contribution in [2.24, 2.45) is 5.73 Å². The molecule has 1 fully saturated rings. The van der Waals surface area contributed by atoms with Crippen LogP contribution in [0.25, 0.3) is 0 Å². The van der Waals surface area contributed by atoms with Gasteiger partial charge in [-0.1, -0.05) is 23.2 Å². The van der Waals surface area contributed by atoms with Crippen molar-refractivity contribution >= 4 is 34.9 Å². The van der Waals surface area contributed by atoms with Crippen LogP contribution in [0.3, 0.4) is 0 Å². The summed E-state index contributed by atoms with van der Waals surface area (Å²) in [6.07, 6.45) is 1.78. The number of hydrogen-bond donors (Lipinski definition) is 1. The Labute approximate surface area is 97.0 Å². The first-order valence-corrected chi connectivity index (χ1v) is 5.20. The van der Waals surface area contributed by atoms with Crippen molar-refractivity contribution in [3.05, 3.63) is 22.3 Å². The van der Waals surface area contributed by atoms with E-state index in [4.69, 9.17) is 28.9 Å². The summed E-state index contributed by atoms with van der Waals surface area (Å²) in [4.78, 5) is 17.1. The lowest BCUT2D eigenvalue weighted by Gasteiger charge is -2.14. The monoisotopic (exact) mass is 245 g/mol. The first kappa shape index (κ1) is 10.7. The maximum atomic E-state index is 11.5. The van der Waals surface area contributed by atoms with E-state index in [0.717, 1.165) is 0 Å². The molecule has 0 radical (unpaired) electrons. The molecule has 6 heteroatoms. The number of nitrogens with zero attached hydrogens (tertiary/aromatic N) is 2. The van der Waals surface area contributed by atoms with Crippen molar-refractivity contribution in [3.8, 4) is 0 Å². The Kier molecular flexibility index (Phi) is 2.82. The molecule has 1 aromatic heterocycles. The van der Waals surface area contributed by atoms with Crippen LogP contribution in [0.2, 0.25) is 10.0 Å².